The lowest BCUT2D eigenvalue weighted by atomic mass is 9.80. The van der Waals surface area contributed by atoms with Crippen LogP contribution in [-0.2, 0) is 19.3 Å². The molecule has 146 valence electrons. The Labute approximate surface area is 159 Å². The molecule has 1 aliphatic heterocycles. The van der Waals surface area contributed by atoms with Crippen molar-refractivity contribution in [2.75, 3.05) is 0 Å². The number of ether oxygens (including phenoxy) is 1. The van der Waals surface area contributed by atoms with Crippen LogP contribution in [0.2, 0.25) is 0 Å². The summed E-state index contributed by atoms with van der Waals surface area (Å²) in [5.74, 6) is -0.496. The van der Waals surface area contributed by atoms with Crippen LogP contribution in [-0.4, -0.2) is 28.5 Å². The molecule has 25 heavy (non-hydrogen) atoms. The van der Waals surface area contributed by atoms with Gasteiger partial charge in [0.05, 0.1) is 0 Å². The third kappa shape index (κ3) is 4.88. The van der Waals surface area contributed by atoms with Crippen LogP contribution in [0.15, 0.2) is 11.6 Å². The van der Waals surface area contributed by atoms with Crippen LogP contribution in [0.3, 0.4) is 0 Å². The molecule has 5 unspecified atom stereocenters. The number of ketones is 1. The Kier molecular flexibility index (Phi) is 8.65. The SMILES string of the molecule is CC.CC.CC(S)C1=CC2OC3(CCC(=O)CC3C)OOC2(C)CC1. The van der Waals surface area contributed by atoms with Crippen LogP contribution in [0.25, 0.3) is 0 Å². The van der Waals surface area contributed by atoms with Gasteiger partial charge in [-0.2, -0.15) is 12.6 Å². The fraction of sp³-hybridized carbons (Fsp3) is 0.850. The van der Waals surface area contributed by atoms with E-state index in [4.69, 9.17) is 14.5 Å². The lowest BCUT2D eigenvalue weighted by Gasteiger charge is -2.52. The van der Waals surface area contributed by atoms with Gasteiger partial charge in [0.25, 0.3) is 0 Å². The van der Waals surface area contributed by atoms with Gasteiger partial charge >= 0.3 is 0 Å². The minimum atomic E-state index is -0.781. The van der Waals surface area contributed by atoms with Crippen molar-refractivity contribution >= 4 is 18.4 Å². The van der Waals surface area contributed by atoms with E-state index in [1.54, 1.807) is 0 Å². The summed E-state index contributed by atoms with van der Waals surface area (Å²) in [4.78, 5) is 23.1. The standard InChI is InChI=1S/C16H24O4S.2C2H6/c1-10-8-13(17)5-7-16(10)18-14-9-12(11(2)21)4-6-15(14,3)19-20-16;2*1-2/h9-11,14,21H,4-8H2,1-3H3;2*1-2H3. The van der Waals surface area contributed by atoms with Gasteiger partial charge in [0, 0.05) is 30.4 Å². The summed E-state index contributed by atoms with van der Waals surface area (Å²) in [5.41, 5.74) is 0.847. The third-order valence-electron chi connectivity index (χ3n) is 5.15. The number of hydrogen-bond acceptors (Lipinski definition) is 5. The maximum atomic E-state index is 11.6. The molecular weight excluding hydrogens is 336 g/mol. The monoisotopic (exact) mass is 372 g/mol. The Morgan fingerprint density at radius 3 is 2.36 bits per heavy atom. The molecule has 0 N–H and O–H groups in total. The highest BCUT2D eigenvalue weighted by Gasteiger charge is 2.55. The Morgan fingerprint density at radius 1 is 1.16 bits per heavy atom. The zero-order chi connectivity index (χ0) is 19.3. The van der Waals surface area contributed by atoms with E-state index in [0.29, 0.717) is 19.3 Å². The molecule has 1 saturated carbocycles. The highest BCUT2D eigenvalue weighted by molar-refractivity contribution is 7.81. The first-order chi connectivity index (χ1) is 11.8. The van der Waals surface area contributed by atoms with Crippen molar-refractivity contribution in [1.82, 2.24) is 0 Å². The minimum Gasteiger partial charge on any atom is -0.336 e. The van der Waals surface area contributed by atoms with E-state index in [1.807, 2.05) is 41.5 Å². The molecule has 1 heterocycles. The molecule has 0 amide bonds. The average Bonchev–Trinajstić information content (AvgIpc) is 2.62. The van der Waals surface area contributed by atoms with Crippen LogP contribution in [0.5, 0.6) is 0 Å². The van der Waals surface area contributed by atoms with E-state index in [-0.39, 0.29) is 23.1 Å². The summed E-state index contributed by atoms with van der Waals surface area (Å²) in [6, 6.07) is 0. The second kappa shape index (κ2) is 9.54. The van der Waals surface area contributed by atoms with E-state index in [1.165, 1.54) is 5.57 Å². The molecule has 5 heteroatoms. The van der Waals surface area contributed by atoms with Gasteiger partial charge in [-0.05, 0) is 26.7 Å². The quantitative estimate of drug-likeness (QED) is 0.387. The van der Waals surface area contributed by atoms with Gasteiger partial charge in [-0.1, -0.05) is 46.3 Å². The Hall–Kier alpha value is -0.360. The van der Waals surface area contributed by atoms with Crippen molar-refractivity contribution in [3.8, 4) is 0 Å². The predicted octanol–water partition coefficient (Wildman–Crippen LogP) is 5.27. The zero-order valence-corrected chi connectivity index (χ0v) is 17.8. The number of hydrogen-bond donors (Lipinski definition) is 1. The summed E-state index contributed by atoms with van der Waals surface area (Å²) < 4.78 is 6.35. The Balaban J connectivity index is 0.000000730. The molecule has 4 nitrogen and oxygen atoms in total. The molecule has 3 aliphatic rings. The van der Waals surface area contributed by atoms with Crippen molar-refractivity contribution in [2.45, 2.75) is 103 Å². The lowest BCUT2D eigenvalue weighted by Crippen LogP contribution is -2.60. The van der Waals surface area contributed by atoms with Gasteiger partial charge in [0.15, 0.2) is 0 Å². The van der Waals surface area contributed by atoms with Crippen LogP contribution < -0.4 is 0 Å². The molecule has 1 saturated heterocycles. The largest absolute Gasteiger partial charge is 0.336 e. The molecule has 2 fully saturated rings. The van der Waals surface area contributed by atoms with Crippen LogP contribution in [0, 0.1) is 5.92 Å². The van der Waals surface area contributed by atoms with Crippen molar-refractivity contribution in [1.29, 1.82) is 0 Å². The predicted molar refractivity (Wildman–Crippen MR) is 105 cm³/mol. The maximum Gasteiger partial charge on any atom is 0.205 e. The average molecular weight is 373 g/mol. The van der Waals surface area contributed by atoms with Crippen LogP contribution >= 0.6 is 12.6 Å². The lowest BCUT2D eigenvalue weighted by molar-refractivity contribution is -0.534. The van der Waals surface area contributed by atoms with Gasteiger partial charge in [-0.25, -0.2) is 9.78 Å². The maximum absolute atomic E-state index is 11.6. The molecule has 0 bridgehead atoms. The van der Waals surface area contributed by atoms with E-state index in [9.17, 15) is 4.79 Å². The van der Waals surface area contributed by atoms with Gasteiger partial charge in [0.2, 0.25) is 5.79 Å². The normalized spacial score (nSPS) is 38.4. The minimum absolute atomic E-state index is 0.00972. The fourth-order valence-corrected chi connectivity index (χ4v) is 3.66. The number of carbonyl (C=O) groups is 1. The number of rotatable bonds is 1. The summed E-state index contributed by atoms with van der Waals surface area (Å²) in [6.07, 6.45) is 5.38. The number of Topliss-reactive ketones (excluding diaryl/α,β-unsaturated/α-hetero) is 1. The van der Waals surface area contributed by atoms with Gasteiger partial charge in [-0.3, -0.25) is 4.79 Å². The van der Waals surface area contributed by atoms with E-state index in [0.717, 1.165) is 12.8 Å². The van der Waals surface area contributed by atoms with Gasteiger partial charge < -0.3 is 4.74 Å². The second-order valence-corrected chi connectivity index (χ2v) is 7.67. The molecule has 0 aromatic rings. The fourth-order valence-electron chi connectivity index (χ4n) is 3.44. The third-order valence-corrected chi connectivity index (χ3v) is 5.48. The van der Waals surface area contributed by atoms with Crippen LogP contribution in [0.1, 0.15) is 80.6 Å². The first kappa shape index (κ1) is 22.7. The molecule has 5 atom stereocenters. The van der Waals surface area contributed by atoms with Crippen LogP contribution in [0.4, 0.5) is 0 Å². The van der Waals surface area contributed by atoms with E-state index < -0.39 is 11.4 Å². The number of thiol groups is 1. The van der Waals surface area contributed by atoms with Gasteiger partial charge in [-0.15, -0.1) is 0 Å². The summed E-state index contributed by atoms with van der Waals surface area (Å²) in [7, 11) is 0. The smallest absolute Gasteiger partial charge is 0.205 e. The topological polar surface area (TPSA) is 44.8 Å². The highest BCUT2D eigenvalue weighted by Crippen LogP contribution is 2.47. The molecule has 1 spiro atoms. The number of carbonyl (C=O) groups excluding carboxylic acids is 1. The van der Waals surface area contributed by atoms with Crippen molar-refractivity contribution in [3.05, 3.63) is 11.6 Å². The molecule has 3 rings (SSSR count). The molecule has 0 radical (unpaired) electrons. The zero-order valence-electron chi connectivity index (χ0n) is 16.9. The first-order valence-corrected chi connectivity index (χ1v) is 10.3. The van der Waals surface area contributed by atoms with E-state index >= 15 is 0 Å². The Bertz CT molecular complexity index is 476. The summed E-state index contributed by atoms with van der Waals surface area (Å²) >= 11 is 4.53. The summed E-state index contributed by atoms with van der Waals surface area (Å²) in [5, 5.41) is 0.224. The second-order valence-electron chi connectivity index (χ2n) is 6.89. The van der Waals surface area contributed by atoms with Crippen molar-refractivity contribution < 1.29 is 19.3 Å². The number of fused-ring (bicyclic) bond motifs is 1. The molecule has 2 aliphatic carbocycles. The van der Waals surface area contributed by atoms with Gasteiger partial charge in [0.1, 0.15) is 17.5 Å². The molecule has 0 aromatic carbocycles. The summed E-state index contributed by atoms with van der Waals surface area (Å²) in [6.45, 7) is 14.1. The first-order valence-electron chi connectivity index (χ1n) is 9.80. The Morgan fingerprint density at radius 2 is 1.80 bits per heavy atom. The molecule has 0 aromatic heterocycles. The van der Waals surface area contributed by atoms with E-state index in [2.05, 4.69) is 25.6 Å². The van der Waals surface area contributed by atoms with Crippen molar-refractivity contribution in [3.63, 3.8) is 0 Å². The van der Waals surface area contributed by atoms with Crippen molar-refractivity contribution in [2.24, 2.45) is 5.92 Å². The molecular formula is C20H36O4S. The highest BCUT2D eigenvalue weighted by atomic mass is 32.1.